The number of hydrogen-bond acceptors (Lipinski definition) is 4. The van der Waals surface area contributed by atoms with Gasteiger partial charge in [-0.3, -0.25) is 0 Å². The lowest BCUT2D eigenvalue weighted by Gasteiger charge is -1.81. The quantitative estimate of drug-likeness (QED) is 0.646. The summed E-state index contributed by atoms with van der Waals surface area (Å²) in [6, 6.07) is 0. The molecule has 2 heterocycles. The summed E-state index contributed by atoms with van der Waals surface area (Å²) in [5.41, 5.74) is 2.76. The van der Waals surface area contributed by atoms with Crippen molar-refractivity contribution in [2.24, 2.45) is 0 Å². The van der Waals surface area contributed by atoms with Crippen molar-refractivity contribution in [1.82, 2.24) is 9.97 Å². The lowest BCUT2D eigenvalue weighted by Crippen LogP contribution is -1.64. The van der Waals surface area contributed by atoms with Gasteiger partial charge in [-0.05, 0) is 0 Å². The van der Waals surface area contributed by atoms with E-state index in [0.717, 1.165) is 9.88 Å². The van der Waals surface area contributed by atoms with Crippen LogP contribution in [0.3, 0.4) is 0 Å². The first-order valence-corrected chi connectivity index (χ1v) is 4.30. The van der Waals surface area contributed by atoms with Crippen LogP contribution in [0.1, 0.15) is 0 Å². The second-order valence-corrected chi connectivity index (χ2v) is 3.28. The zero-order valence-electron chi connectivity index (χ0n) is 4.87. The molecule has 0 amide bonds. The molecule has 2 aromatic rings. The summed E-state index contributed by atoms with van der Waals surface area (Å²) < 4.78 is 0. The van der Waals surface area contributed by atoms with Crippen LogP contribution in [0, 0.1) is 11.7 Å². The molecule has 0 unspecified atom stereocenters. The minimum absolute atomic E-state index is 0.971. The Morgan fingerprint density at radius 3 is 3.10 bits per heavy atom. The smallest absolute Gasteiger partial charge is 0.152 e. The molecule has 2 radical (unpaired) electrons. The molecule has 10 heavy (non-hydrogen) atoms. The molecular weight excluding hydrogens is 164 g/mol. The largest absolute Gasteiger partial charge is 0.241 e. The second-order valence-electron chi connectivity index (χ2n) is 1.60. The first kappa shape index (κ1) is 6.00. The van der Waals surface area contributed by atoms with Crippen LogP contribution >= 0.6 is 22.7 Å². The molecule has 2 aromatic heterocycles. The van der Waals surface area contributed by atoms with E-state index in [1.54, 1.807) is 17.5 Å². The van der Waals surface area contributed by atoms with Crippen molar-refractivity contribution in [3.05, 3.63) is 23.3 Å². The number of aromatic nitrogens is 2. The van der Waals surface area contributed by atoms with E-state index < -0.39 is 0 Å². The van der Waals surface area contributed by atoms with E-state index >= 15 is 0 Å². The van der Waals surface area contributed by atoms with Gasteiger partial charge < -0.3 is 0 Å². The molecule has 0 aliphatic carbocycles. The van der Waals surface area contributed by atoms with Crippen LogP contribution in [0.2, 0.25) is 0 Å². The highest BCUT2D eigenvalue weighted by molar-refractivity contribution is 7.19. The number of rotatable bonds is 1. The van der Waals surface area contributed by atoms with Gasteiger partial charge in [0.25, 0.3) is 0 Å². The van der Waals surface area contributed by atoms with E-state index in [1.807, 2.05) is 5.38 Å². The van der Waals surface area contributed by atoms with Crippen LogP contribution in [0.25, 0.3) is 9.88 Å². The third-order valence-corrected chi connectivity index (χ3v) is 2.59. The third-order valence-electron chi connectivity index (χ3n) is 0.990. The molecule has 0 saturated heterocycles. The summed E-state index contributed by atoms with van der Waals surface area (Å²) >= 11 is 3.04. The Morgan fingerprint density at radius 1 is 1.50 bits per heavy atom. The standard InChI is InChI=1S/C6H2N2S2/c1-2-9-6(8-1)5-3-7-4-10-5/h2-3H. The Bertz CT molecular complexity index is 253. The Kier molecular flexibility index (Phi) is 1.49. The van der Waals surface area contributed by atoms with E-state index in [-0.39, 0.29) is 0 Å². The summed E-state index contributed by atoms with van der Waals surface area (Å²) in [6.45, 7) is 0. The molecule has 0 aliphatic rings. The summed E-state index contributed by atoms with van der Waals surface area (Å²) in [4.78, 5) is 8.89. The Labute approximate surface area is 66.2 Å². The lowest BCUT2D eigenvalue weighted by atomic mass is 10.6. The fraction of sp³-hybridized carbons (Fsp3) is 0. The molecule has 0 atom stereocenters. The number of hydrogen-bond donors (Lipinski definition) is 0. The van der Waals surface area contributed by atoms with E-state index in [1.165, 1.54) is 11.3 Å². The molecule has 0 N–H and O–H groups in total. The predicted molar refractivity (Wildman–Crippen MR) is 40.9 cm³/mol. The normalized spacial score (nSPS) is 10.0. The first-order chi connectivity index (χ1) is 4.97. The van der Waals surface area contributed by atoms with Crippen molar-refractivity contribution in [3.8, 4) is 9.88 Å². The summed E-state index contributed by atoms with van der Waals surface area (Å²) in [5.74, 6) is 0. The van der Waals surface area contributed by atoms with Gasteiger partial charge in [0.15, 0.2) is 5.51 Å². The van der Waals surface area contributed by atoms with E-state index in [2.05, 4.69) is 21.7 Å². The second kappa shape index (κ2) is 2.48. The molecule has 0 aliphatic heterocycles. The highest BCUT2D eigenvalue weighted by atomic mass is 32.1. The minimum atomic E-state index is 0.971. The maximum Gasteiger partial charge on any atom is 0.152 e. The summed E-state index contributed by atoms with van der Waals surface area (Å²) in [6.07, 6.45) is 4.51. The molecule has 0 spiro atoms. The van der Waals surface area contributed by atoms with E-state index in [4.69, 9.17) is 0 Å². The Hall–Kier alpha value is -0.740. The molecule has 0 bridgehead atoms. The van der Waals surface area contributed by atoms with Gasteiger partial charge in [0.05, 0.1) is 4.88 Å². The zero-order valence-corrected chi connectivity index (χ0v) is 6.50. The van der Waals surface area contributed by atoms with Crippen LogP contribution in [-0.4, -0.2) is 9.97 Å². The van der Waals surface area contributed by atoms with Gasteiger partial charge in [0, 0.05) is 11.6 Å². The van der Waals surface area contributed by atoms with Crippen LogP contribution in [0.15, 0.2) is 11.6 Å². The van der Waals surface area contributed by atoms with Gasteiger partial charge in [-0.25, -0.2) is 9.97 Å². The van der Waals surface area contributed by atoms with E-state index in [0.29, 0.717) is 0 Å². The third kappa shape index (κ3) is 0.955. The Balaban J connectivity index is 2.48. The van der Waals surface area contributed by atoms with Crippen molar-refractivity contribution in [3.63, 3.8) is 0 Å². The average molecular weight is 166 g/mol. The van der Waals surface area contributed by atoms with E-state index in [9.17, 15) is 0 Å². The predicted octanol–water partition coefficient (Wildman–Crippen LogP) is 1.87. The fourth-order valence-electron chi connectivity index (χ4n) is 0.592. The van der Waals surface area contributed by atoms with Crippen molar-refractivity contribution < 1.29 is 0 Å². The first-order valence-electron chi connectivity index (χ1n) is 2.60. The van der Waals surface area contributed by atoms with Crippen LogP contribution in [0.5, 0.6) is 0 Å². The maximum atomic E-state index is 4.00. The number of nitrogens with zero attached hydrogens (tertiary/aromatic N) is 2. The van der Waals surface area contributed by atoms with Crippen molar-refractivity contribution in [2.75, 3.05) is 0 Å². The van der Waals surface area contributed by atoms with Crippen molar-refractivity contribution in [1.29, 1.82) is 0 Å². The molecule has 48 valence electrons. The van der Waals surface area contributed by atoms with Crippen LogP contribution in [0.4, 0.5) is 0 Å². The van der Waals surface area contributed by atoms with Gasteiger partial charge in [0.2, 0.25) is 0 Å². The highest BCUT2D eigenvalue weighted by Crippen LogP contribution is 2.23. The highest BCUT2D eigenvalue weighted by Gasteiger charge is 2.00. The SMILES string of the molecule is [c]1csc(-c2cn[c]s2)n1. The van der Waals surface area contributed by atoms with Gasteiger partial charge in [0.1, 0.15) is 11.2 Å². The van der Waals surface area contributed by atoms with Crippen LogP contribution in [-0.2, 0) is 0 Å². The van der Waals surface area contributed by atoms with Gasteiger partial charge in [-0.1, -0.05) is 0 Å². The average Bonchev–Trinajstić information content (AvgIpc) is 2.59. The maximum absolute atomic E-state index is 4.00. The summed E-state index contributed by atoms with van der Waals surface area (Å²) in [5, 5.41) is 2.80. The topological polar surface area (TPSA) is 25.8 Å². The molecule has 2 rings (SSSR count). The van der Waals surface area contributed by atoms with Gasteiger partial charge in [-0.2, -0.15) is 0 Å². The molecule has 0 saturated carbocycles. The number of thiazole rings is 2. The molecule has 0 fully saturated rings. The molecule has 0 aromatic carbocycles. The van der Waals surface area contributed by atoms with Crippen LogP contribution < -0.4 is 0 Å². The van der Waals surface area contributed by atoms with Crippen molar-refractivity contribution >= 4 is 22.7 Å². The molecular formula is C6H2N2S2. The zero-order chi connectivity index (χ0) is 6.81. The molecule has 4 heteroatoms. The fourth-order valence-corrected chi connectivity index (χ4v) is 1.80. The minimum Gasteiger partial charge on any atom is -0.241 e. The lowest BCUT2D eigenvalue weighted by molar-refractivity contribution is 1.38. The summed E-state index contributed by atoms with van der Waals surface area (Å²) in [7, 11) is 0. The van der Waals surface area contributed by atoms with Crippen molar-refractivity contribution in [2.45, 2.75) is 0 Å². The Morgan fingerprint density at radius 2 is 2.50 bits per heavy atom. The van der Waals surface area contributed by atoms with Gasteiger partial charge >= 0.3 is 0 Å². The van der Waals surface area contributed by atoms with Gasteiger partial charge in [-0.15, -0.1) is 22.7 Å². The molecule has 2 nitrogen and oxygen atoms in total. The monoisotopic (exact) mass is 166 g/mol.